The zero-order chi connectivity index (χ0) is 20.9. The molecule has 6 nitrogen and oxygen atoms in total. The lowest BCUT2D eigenvalue weighted by atomic mass is 10.1. The SMILES string of the molecule is CCOc1ccc2nc(SCC(=O)NCc3cc(-c4cccc(F)c4)no3)sc2c1. The Hall–Kier alpha value is -2.91. The van der Waals surface area contributed by atoms with Crippen LogP contribution in [0.2, 0.25) is 0 Å². The number of nitrogens with one attached hydrogen (secondary N) is 1. The molecule has 2 aromatic carbocycles. The average Bonchev–Trinajstić information content (AvgIpc) is 3.37. The van der Waals surface area contributed by atoms with Gasteiger partial charge in [-0.2, -0.15) is 0 Å². The molecule has 4 rings (SSSR count). The molecule has 9 heteroatoms. The Morgan fingerprint density at radius 1 is 1.27 bits per heavy atom. The fourth-order valence-electron chi connectivity index (χ4n) is 2.75. The standard InChI is InChI=1S/C21H18FN3O3S2/c1-2-27-15-6-7-17-19(10-15)30-21(24-17)29-12-20(26)23-11-16-9-18(25-28-16)13-4-3-5-14(22)8-13/h3-10H,2,11-12H2,1H3,(H,23,26). The Labute approximate surface area is 180 Å². The van der Waals surface area contributed by atoms with E-state index in [0.717, 1.165) is 20.3 Å². The van der Waals surface area contributed by atoms with Gasteiger partial charge in [-0.1, -0.05) is 29.1 Å². The van der Waals surface area contributed by atoms with Crippen molar-refractivity contribution in [3.63, 3.8) is 0 Å². The molecule has 0 spiro atoms. The summed E-state index contributed by atoms with van der Waals surface area (Å²) < 4.78 is 25.9. The number of hydrogen-bond donors (Lipinski definition) is 1. The van der Waals surface area contributed by atoms with Crippen LogP contribution in [0.4, 0.5) is 4.39 Å². The Morgan fingerprint density at radius 3 is 3.00 bits per heavy atom. The second kappa shape index (κ2) is 9.27. The molecule has 0 aliphatic carbocycles. The summed E-state index contributed by atoms with van der Waals surface area (Å²) in [5.41, 5.74) is 2.03. The van der Waals surface area contributed by atoms with Gasteiger partial charge in [0.2, 0.25) is 5.91 Å². The number of benzene rings is 2. The van der Waals surface area contributed by atoms with Gasteiger partial charge in [-0.05, 0) is 37.3 Å². The Morgan fingerprint density at radius 2 is 2.17 bits per heavy atom. The number of halogens is 1. The zero-order valence-corrected chi connectivity index (χ0v) is 17.7. The van der Waals surface area contributed by atoms with Gasteiger partial charge in [-0.25, -0.2) is 9.37 Å². The number of carbonyl (C=O) groups is 1. The molecule has 0 aliphatic rings. The van der Waals surface area contributed by atoms with Crippen molar-refractivity contribution in [2.45, 2.75) is 17.8 Å². The molecule has 0 unspecified atom stereocenters. The normalized spacial score (nSPS) is 11.0. The maximum absolute atomic E-state index is 13.3. The zero-order valence-electron chi connectivity index (χ0n) is 16.1. The van der Waals surface area contributed by atoms with Crippen molar-refractivity contribution < 1.29 is 18.4 Å². The largest absolute Gasteiger partial charge is 0.494 e. The first kappa shape index (κ1) is 20.4. The second-order valence-electron chi connectivity index (χ2n) is 6.30. The van der Waals surface area contributed by atoms with Gasteiger partial charge in [0.1, 0.15) is 17.3 Å². The molecule has 0 saturated heterocycles. The summed E-state index contributed by atoms with van der Waals surface area (Å²) in [7, 11) is 0. The molecule has 0 radical (unpaired) electrons. The van der Waals surface area contributed by atoms with Gasteiger partial charge in [0.15, 0.2) is 10.1 Å². The summed E-state index contributed by atoms with van der Waals surface area (Å²) >= 11 is 2.91. The van der Waals surface area contributed by atoms with Crippen LogP contribution in [-0.4, -0.2) is 28.4 Å². The van der Waals surface area contributed by atoms with Gasteiger partial charge in [0, 0.05) is 11.6 Å². The van der Waals surface area contributed by atoms with Crippen LogP contribution < -0.4 is 10.1 Å². The lowest BCUT2D eigenvalue weighted by Crippen LogP contribution is -2.24. The Kier molecular flexibility index (Phi) is 6.29. The third kappa shape index (κ3) is 4.98. The van der Waals surface area contributed by atoms with Crippen molar-refractivity contribution in [1.82, 2.24) is 15.5 Å². The average molecular weight is 444 g/mol. The van der Waals surface area contributed by atoms with Gasteiger partial charge in [-0.3, -0.25) is 4.79 Å². The molecule has 4 aromatic rings. The molecule has 0 fully saturated rings. The first-order valence-corrected chi connectivity index (χ1v) is 11.1. The quantitative estimate of drug-likeness (QED) is 0.391. The fraction of sp³-hybridized carbons (Fsp3) is 0.190. The van der Waals surface area contributed by atoms with Crippen LogP contribution in [0.5, 0.6) is 5.75 Å². The highest BCUT2D eigenvalue weighted by molar-refractivity contribution is 8.01. The van der Waals surface area contributed by atoms with Gasteiger partial charge in [0.25, 0.3) is 0 Å². The molecular weight excluding hydrogens is 425 g/mol. The minimum atomic E-state index is -0.341. The van der Waals surface area contributed by atoms with Crippen LogP contribution in [-0.2, 0) is 11.3 Å². The molecule has 1 N–H and O–H groups in total. The van der Waals surface area contributed by atoms with Crippen molar-refractivity contribution in [2.24, 2.45) is 0 Å². The van der Waals surface area contributed by atoms with Crippen molar-refractivity contribution in [3.05, 3.63) is 60.1 Å². The first-order valence-electron chi connectivity index (χ1n) is 9.25. The van der Waals surface area contributed by atoms with E-state index in [1.165, 1.54) is 35.2 Å². The lowest BCUT2D eigenvalue weighted by molar-refractivity contribution is -0.118. The summed E-state index contributed by atoms with van der Waals surface area (Å²) in [4.78, 5) is 16.7. The van der Waals surface area contributed by atoms with E-state index in [0.29, 0.717) is 23.6 Å². The van der Waals surface area contributed by atoms with Gasteiger partial charge in [0.05, 0.1) is 29.1 Å². The van der Waals surface area contributed by atoms with Crippen LogP contribution in [0.15, 0.2) is 57.4 Å². The van der Waals surface area contributed by atoms with E-state index in [1.54, 1.807) is 18.2 Å². The number of thioether (sulfide) groups is 1. The van der Waals surface area contributed by atoms with E-state index in [1.807, 2.05) is 25.1 Å². The lowest BCUT2D eigenvalue weighted by Gasteiger charge is -2.00. The van der Waals surface area contributed by atoms with Crippen molar-refractivity contribution in [1.29, 1.82) is 0 Å². The highest BCUT2D eigenvalue weighted by Gasteiger charge is 2.11. The number of aromatic nitrogens is 2. The number of thiazole rings is 1. The highest BCUT2D eigenvalue weighted by Crippen LogP contribution is 2.31. The van der Waals surface area contributed by atoms with E-state index in [4.69, 9.17) is 9.26 Å². The number of hydrogen-bond acceptors (Lipinski definition) is 7. The Balaban J connectivity index is 1.30. The molecule has 0 bridgehead atoms. The van der Waals surface area contributed by atoms with Crippen LogP contribution in [0, 0.1) is 5.82 Å². The fourth-order valence-corrected chi connectivity index (χ4v) is 4.67. The molecule has 2 heterocycles. The van der Waals surface area contributed by atoms with Crippen molar-refractivity contribution >= 4 is 39.2 Å². The number of amides is 1. The third-order valence-corrected chi connectivity index (χ3v) is 6.28. The van der Waals surface area contributed by atoms with Crippen LogP contribution in [0.25, 0.3) is 21.5 Å². The number of nitrogens with zero attached hydrogens (tertiary/aromatic N) is 2. The molecule has 1 amide bonds. The Bertz CT molecular complexity index is 1180. The topological polar surface area (TPSA) is 77.2 Å². The van der Waals surface area contributed by atoms with Crippen molar-refractivity contribution in [2.75, 3.05) is 12.4 Å². The molecule has 0 aliphatic heterocycles. The molecule has 154 valence electrons. The highest BCUT2D eigenvalue weighted by atomic mass is 32.2. The van der Waals surface area contributed by atoms with Crippen LogP contribution >= 0.6 is 23.1 Å². The number of rotatable bonds is 8. The third-order valence-electron chi connectivity index (χ3n) is 4.12. The maximum atomic E-state index is 13.3. The molecule has 30 heavy (non-hydrogen) atoms. The molecule has 0 saturated carbocycles. The predicted molar refractivity (Wildman–Crippen MR) is 115 cm³/mol. The van der Waals surface area contributed by atoms with E-state index in [2.05, 4.69) is 15.5 Å². The van der Waals surface area contributed by atoms with E-state index in [-0.39, 0.29) is 24.0 Å². The van der Waals surface area contributed by atoms with Gasteiger partial charge < -0.3 is 14.6 Å². The van der Waals surface area contributed by atoms with E-state index < -0.39 is 0 Å². The number of ether oxygens (including phenoxy) is 1. The van der Waals surface area contributed by atoms with E-state index >= 15 is 0 Å². The first-order chi connectivity index (χ1) is 14.6. The predicted octanol–water partition coefficient (Wildman–Crippen LogP) is 4.90. The molecule has 0 atom stereocenters. The second-order valence-corrected chi connectivity index (χ2v) is 8.55. The van der Waals surface area contributed by atoms with E-state index in [9.17, 15) is 9.18 Å². The van der Waals surface area contributed by atoms with Crippen LogP contribution in [0.1, 0.15) is 12.7 Å². The number of fused-ring (bicyclic) bond motifs is 1. The summed E-state index contributed by atoms with van der Waals surface area (Å²) in [6.45, 7) is 2.76. The summed E-state index contributed by atoms with van der Waals surface area (Å²) in [5.74, 6) is 1.07. The maximum Gasteiger partial charge on any atom is 0.230 e. The monoisotopic (exact) mass is 443 g/mol. The summed E-state index contributed by atoms with van der Waals surface area (Å²) in [6.07, 6.45) is 0. The smallest absolute Gasteiger partial charge is 0.230 e. The minimum Gasteiger partial charge on any atom is -0.494 e. The molecule has 2 aromatic heterocycles. The summed E-state index contributed by atoms with van der Waals surface area (Å²) in [5, 5.41) is 6.72. The molecular formula is C21H18FN3O3S2. The summed E-state index contributed by atoms with van der Waals surface area (Å²) in [6, 6.07) is 13.6. The van der Waals surface area contributed by atoms with Crippen LogP contribution in [0.3, 0.4) is 0 Å². The minimum absolute atomic E-state index is 0.141. The van der Waals surface area contributed by atoms with Gasteiger partial charge in [-0.15, -0.1) is 11.3 Å². The number of carbonyl (C=O) groups excluding carboxylic acids is 1. The van der Waals surface area contributed by atoms with Crippen molar-refractivity contribution in [3.8, 4) is 17.0 Å². The van der Waals surface area contributed by atoms with Gasteiger partial charge >= 0.3 is 0 Å².